The lowest BCUT2D eigenvalue weighted by molar-refractivity contribution is 0.277. The van der Waals surface area contributed by atoms with Crippen LogP contribution < -0.4 is 11.1 Å². The van der Waals surface area contributed by atoms with Crippen LogP contribution in [-0.4, -0.2) is 12.6 Å². The molecule has 3 heteroatoms. The molecule has 0 radical (unpaired) electrons. The van der Waals surface area contributed by atoms with E-state index in [9.17, 15) is 0 Å². The summed E-state index contributed by atoms with van der Waals surface area (Å²) in [7, 11) is 0. The second-order valence-corrected chi connectivity index (χ2v) is 5.10. The lowest BCUT2D eigenvalue weighted by atomic mass is 9.79. The topological polar surface area (TPSA) is 38.0 Å². The first-order valence-corrected chi connectivity index (χ1v) is 6.31. The van der Waals surface area contributed by atoms with Crippen LogP contribution in [0, 0.1) is 5.92 Å². The third-order valence-corrected chi connectivity index (χ3v) is 3.64. The molecule has 0 bridgehead atoms. The highest BCUT2D eigenvalue weighted by Crippen LogP contribution is 2.31. The Morgan fingerprint density at radius 2 is 2.27 bits per heavy atom. The fraction of sp³-hybridized carbons (Fsp3) is 0.500. The van der Waals surface area contributed by atoms with E-state index in [4.69, 9.17) is 5.73 Å². The largest absolute Gasteiger partial charge is 0.381 e. The number of nitrogens with two attached hydrogens (primary N) is 1. The SMILES string of the molecule is NCC(Nc1cccc(Br)c1)C1CCC1. The van der Waals surface area contributed by atoms with Crippen LogP contribution in [0.15, 0.2) is 28.7 Å². The van der Waals surface area contributed by atoms with E-state index < -0.39 is 0 Å². The van der Waals surface area contributed by atoms with Gasteiger partial charge in [0.15, 0.2) is 0 Å². The van der Waals surface area contributed by atoms with E-state index in [0.717, 1.165) is 22.6 Å². The molecule has 1 aromatic carbocycles. The number of rotatable bonds is 4. The van der Waals surface area contributed by atoms with Crippen molar-refractivity contribution in [1.29, 1.82) is 0 Å². The minimum atomic E-state index is 0.438. The molecule has 0 aromatic heterocycles. The number of hydrogen-bond acceptors (Lipinski definition) is 2. The van der Waals surface area contributed by atoms with Crippen molar-refractivity contribution in [3.8, 4) is 0 Å². The quantitative estimate of drug-likeness (QED) is 0.881. The normalized spacial score (nSPS) is 18.3. The lowest BCUT2D eigenvalue weighted by Crippen LogP contribution is -2.39. The first kappa shape index (κ1) is 11.0. The van der Waals surface area contributed by atoms with E-state index in [1.54, 1.807) is 0 Å². The van der Waals surface area contributed by atoms with Crippen molar-refractivity contribution >= 4 is 21.6 Å². The van der Waals surface area contributed by atoms with Gasteiger partial charge in [-0.25, -0.2) is 0 Å². The third kappa shape index (κ3) is 2.73. The monoisotopic (exact) mass is 268 g/mol. The van der Waals surface area contributed by atoms with Gasteiger partial charge in [0.1, 0.15) is 0 Å². The second-order valence-electron chi connectivity index (χ2n) is 4.19. The molecule has 82 valence electrons. The number of anilines is 1. The minimum absolute atomic E-state index is 0.438. The summed E-state index contributed by atoms with van der Waals surface area (Å²) in [6.07, 6.45) is 4.01. The standard InChI is InChI=1S/C12H17BrN2/c13-10-5-2-6-11(7-10)15-12(8-14)9-3-1-4-9/h2,5-7,9,12,15H,1,3-4,8,14H2. The number of nitrogens with one attached hydrogen (secondary N) is 1. The molecule has 1 unspecified atom stereocenters. The molecule has 1 saturated carbocycles. The maximum absolute atomic E-state index is 5.79. The van der Waals surface area contributed by atoms with E-state index >= 15 is 0 Å². The van der Waals surface area contributed by atoms with Crippen LogP contribution in [0.4, 0.5) is 5.69 Å². The molecule has 2 rings (SSSR count). The number of halogens is 1. The lowest BCUT2D eigenvalue weighted by Gasteiger charge is -2.34. The van der Waals surface area contributed by atoms with E-state index in [0.29, 0.717) is 6.04 Å². The van der Waals surface area contributed by atoms with Crippen molar-refractivity contribution in [3.05, 3.63) is 28.7 Å². The maximum atomic E-state index is 5.79. The zero-order valence-electron chi connectivity index (χ0n) is 8.75. The van der Waals surface area contributed by atoms with Gasteiger partial charge in [-0.3, -0.25) is 0 Å². The summed E-state index contributed by atoms with van der Waals surface area (Å²) < 4.78 is 1.11. The molecular formula is C12H17BrN2. The molecule has 0 spiro atoms. The summed E-state index contributed by atoms with van der Waals surface area (Å²) in [5, 5.41) is 3.52. The smallest absolute Gasteiger partial charge is 0.0411 e. The molecule has 1 fully saturated rings. The Morgan fingerprint density at radius 1 is 1.47 bits per heavy atom. The average molecular weight is 269 g/mol. The Balaban J connectivity index is 1.99. The van der Waals surface area contributed by atoms with Gasteiger partial charge < -0.3 is 11.1 Å². The van der Waals surface area contributed by atoms with Crippen LogP contribution >= 0.6 is 15.9 Å². The molecule has 0 heterocycles. The Morgan fingerprint density at radius 3 is 2.80 bits per heavy atom. The van der Waals surface area contributed by atoms with Crippen molar-refractivity contribution < 1.29 is 0 Å². The molecule has 1 aromatic rings. The predicted molar refractivity (Wildman–Crippen MR) is 67.9 cm³/mol. The predicted octanol–water partition coefficient (Wildman–Crippen LogP) is 2.99. The van der Waals surface area contributed by atoms with Crippen molar-refractivity contribution in [3.63, 3.8) is 0 Å². The fourth-order valence-electron chi connectivity index (χ4n) is 2.00. The van der Waals surface area contributed by atoms with Gasteiger partial charge in [0.25, 0.3) is 0 Å². The van der Waals surface area contributed by atoms with Crippen molar-refractivity contribution in [2.75, 3.05) is 11.9 Å². The molecule has 1 atom stereocenters. The molecule has 0 amide bonds. The fourth-order valence-corrected chi connectivity index (χ4v) is 2.40. The summed E-state index contributed by atoms with van der Waals surface area (Å²) in [4.78, 5) is 0. The van der Waals surface area contributed by atoms with Gasteiger partial charge in [-0.2, -0.15) is 0 Å². The van der Waals surface area contributed by atoms with Gasteiger partial charge in [0.2, 0.25) is 0 Å². The summed E-state index contributed by atoms with van der Waals surface area (Å²) in [5.41, 5.74) is 6.95. The van der Waals surface area contributed by atoms with Crippen molar-refractivity contribution in [1.82, 2.24) is 0 Å². The van der Waals surface area contributed by atoms with Gasteiger partial charge in [-0.15, -0.1) is 0 Å². The van der Waals surface area contributed by atoms with Crippen LogP contribution in [0.5, 0.6) is 0 Å². The molecule has 3 N–H and O–H groups in total. The Kier molecular flexibility index (Phi) is 3.65. The minimum Gasteiger partial charge on any atom is -0.381 e. The van der Waals surface area contributed by atoms with Crippen LogP contribution in [-0.2, 0) is 0 Å². The first-order chi connectivity index (χ1) is 7.29. The molecule has 1 aliphatic rings. The average Bonchev–Trinajstić information content (AvgIpc) is 2.14. The summed E-state index contributed by atoms with van der Waals surface area (Å²) in [5.74, 6) is 0.772. The van der Waals surface area contributed by atoms with Crippen LogP contribution in [0.1, 0.15) is 19.3 Å². The highest BCUT2D eigenvalue weighted by atomic mass is 79.9. The van der Waals surface area contributed by atoms with Crippen LogP contribution in [0.2, 0.25) is 0 Å². The van der Waals surface area contributed by atoms with E-state index in [1.165, 1.54) is 19.3 Å². The number of hydrogen-bond donors (Lipinski definition) is 2. The molecular weight excluding hydrogens is 252 g/mol. The molecule has 0 aliphatic heterocycles. The highest BCUT2D eigenvalue weighted by molar-refractivity contribution is 9.10. The molecule has 2 nitrogen and oxygen atoms in total. The van der Waals surface area contributed by atoms with E-state index in [1.807, 2.05) is 12.1 Å². The molecule has 1 aliphatic carbocycles. The highest BCUT2D eigenvalue weighted by Gasteiger charge is 2.25. The Bertz CT molecular complexity index is 323. The molecule has 15 heavy (non-hydrogen) atoms. The molecule has 0 saturated heterocycles. The van der Waals surface area contributed by atoms with E-state index in [2.05, 4.69) is 33.4 Å². The summed E-state index contributed by atoms with van der Waals surface area (Å²) >= 11 is 3.47. The number of benzene rings is 1. The van der Waals surface area contributed by atoms with Gasteiger partial charge in [-0.05, 0) is 37.0 Å². The Hall–Kier alpha value is -0.540. The van der Waals surface area contributed by atoms with Gasteiger partial charge >= 0.3 is 0 Å². The van der Waals surface area contributed by atoms with E-state index in [-0.39, 0.29) is 0 Å². The van der Waals surface area contributed by atoms with Crippen molar-refractivity contribution in [2.45, 2.75) is 25.3 Å². The Labute approximate surface area is 99.4 Å². The van der Waals surface area contributed by atoms with Gasteiger partial charge in [-0.1, -0.05) is 28.4 Å². The maximum Gasteiger partial charge on any atom is 0.0411 e. The van der Waals surface area contributed by atoms with Crippen molar-refractivity contribution in [2.24, 2.45) is 11.7 Å². The summed E-state index contributed by atoms with van der Waals surface area (Å²) in [6, 6.07) is 8.70. The van der Waals surface area contributed by atoms with Gasteiger partial charge in [0.05, 0.1) is 0 Å². The first-order valence-electron chi connectivity index (χ1n) is 5.52. The third-order valence-electron chi connectivity index (χ3n) is 3.15. The van der Waals surface area contributed by atoms with Crippen LogP contribution in [0.3, 0.4) is 0 Å². The van der Waals surface area contributed by atoms with Gasteiger partial charge in [0, 0.05) is 22.7 Å². The zero-order valence-corrected chi connectivity index (χ0v) is 10.3. The van der Waals surface area contributed by atoms with Crippen LogP contribution in [0.25, 0.3) is 0 Å². The second kappa shape index (κ2) is 4.99. The zero-order chi connectivity index (χ0) is 10.7. The summed E-state index contributed by atoms with van der Waals surface area (Å²) in [6.45, 7) is 0.719.